The van der Waals surface area contributed by atoms with Crippen LogP contribution in [0, 0.1) is 0 Å². The SMILES string of the molecule is CCNc1nc(-c2ccccc2C2CC2)nc2c1CSC2. The highest BCUT2D eigenvalue weighted by molar-refractivity contribution is 7.98. The monoisotopic (exact) mass is 297 g/mol. The van der Waals surface area contributed by atoms with Gasteiger partial charge < -0.3 is 5.32 Å². The van der Waals surface area contributed by atoms with Gasteiger partial charge >= 0.3 is 0 Å². The van der Waals surface area contributed by atoms with Crippen molar-refractivity contribution in [2.24, 2.45) is 0 Å². The smallest absolute Gasteiger partial charge is 0.162 e. The van der Waals surface area contributed by atoms with Crippen molar-refractivity contribution >= 4 is 17.6 Å². The molecule has 108 valence electrons. The summed E-state index contributed by atoms with van der Waals surface area (Å²) >= 11 is 1.93. The maximum Gasteiger partial charge on any atom is 0.162 e. The summed E-state index contributed by atoms with van der Waals surface area (Å²) in [6.07, 6.45) is 2.61. The molecule has 1 aliphatic heterocycles. The van der Waals surface area contributed by atoms with E-state index in [0.29, 0.717) is 0 Å². The molecule has 1 aromatic heterocycles. The molecule has 2 heterocycles. The maximum atomic E-state index is 4.87. The van der Waals surface area contributed by atoms with Crippen LogP contribution in [-0.2, 0) is 11.5 Å². The summed E-state index contributed by atoms with van der Waals surface area (Å²) in [6, 6.07) is 8.64. The average Bonchev–Trinajstić information content (AvgIpc) is 3.25. The Hall–Kier alpha value is -1.55. The highest BCUT2D eigenvalue weighted by Gasteiger charge is 2.28. The summed E-state index contributed by atoms with van der Waals surface area (Å²) in [4.78, 5) is 9.70. The number of rotatable bonds is 4. The summed E-state index contributed by atoms with van der Waals surface area (Å²) in [5, 5.41) is 3.42. The molecule has 1 aromatic carbocycles. The molecule has 4 rings (SSSR count). The Balaban J connectivity index is 1.84. The number of benzene rings is 1. The summed E-state index contributed by atoms with van der Waals surface area (Å²) in [5.41, 5.74) is 5.16. The fraction of sp³-hybridized carbons (Fsp3) is 0.412. The molecule has 0 spiro atoms. The van der Waals surface area contributed by atoms with Gasteiger partial charge in [-0.25, -0.2) is 9.97 Å². The summed E-state index contributed by atoms with van der Waals surface area (Å²) in [5.74, 6) is 4.69. The number of anilines is 1. The van der Waals surface area contributed by atoms with E-state index in [4.69, 9.17) is 9.97 Å². The molecule has 0 unspecified atom stereocenters. The van der Waals surface area contributed by atoms with Crippen LogP contribution in [0.25, 0.3) is 11.4 Å². The van der Waals surface area contributed by atoms with Gasteiger partial charge in [-0.15, -0.1) is 0 Å². The minimum absolute atomic E-state index is 0.718. The third kappa shape index (κ3) is 2.42. The lowest BCUT2D eigenvalue weighted by Gasteiger charge is -2.12. The molecule has 1 aliphatic carbocycles. The molecular weight excluding hydrogens is 278 g/mol. The molecule has 0 bridgehead atoms. The third-order valence-electron chi connectivity index (χ3n) is 4.14. The lowest BCUT2D eigenvalue weighted by atomic mass is 10.0. The topological polar surface area (TPSA) is 37.8 Å². The van der Waals surface area contributed by atoms with Gasteiger partial charge in [0.05, 0.1) is 5.69 Å². The first-order valence-electron chi connectivity index (χ1n) is 7.67. The molecule has 1 fully saturated rings. The van der Waals surface area contributed by atoms with Crippen molar-refractivity contribution in [2.45, 2.75) is 37.2 Å². The van der Waals surface area contributed by atoms with Gasteiger partial charge in [0.15, 0.2) is 5.82 Å². The molecule has 21 heavy (non-hydrogen) atoms. The molecule has 3 nitrogen and oxygen atoms in total. The van der Waals surface area contributed by atoms with Crippen LogP contribution in [0.15, 0.2) is 24.3 Å². The Morgan fingerprint density at radius 1 is 1.19 bits per heavy atom. The van der Waals surface area contributed by atoms with Gasteiger partial charge in [0.2, 0.25) is 0 Å². The lowest BCUT2D eigenvalue weighted by molar-refractivity contribution is 1.04. The Labute approximate surface area is 129 Å². The van der Waals surface area contributed by atoms with Crippen LogP contribution in [0.5, 0.6) is 0 Å². The molecule has 0 saturated heterocycles. The standard InChI is InChI=1S/C17H19N3S/c1-2-18-16-14-9-21-10-15(14)19-17(20-16)13-6-4-3-5-12(13)11-7-8-11/h3-6,11H,2,7-10H2,1H3,(H,18,19,20). The molecule has 2 aliphatic rings. The quantitative estimate of drug-likeness (QED) is 0.918. The second-order valence-corrected chi connectivity index (χ2v) is 6.69. The van der Waals surface area contributed by atoms with Crippen LogP contribution in [0.2, 0.25) is 0 Å². The highest BCUT2D eigenvalue weighted by atomic mass is 32.2. The van der Waals surface area contributed by atoms with Crippen molar-refractivity contribution in [3.05, 3.63) is 41.1 Å². The zero-order chi connectivity index (χ0) is 14.2. The number of hydrogen-bond acceptors (Lipinski definition) is 4. The molecule has 0 amide bonds. The van der Waals surface area contributed by atoms with E-state index in [1.807, 2.05) is 11.8 Å². The predicted molar refractivity (Wildman–Crippen MR) is 88.6 cm³/mol. The second kappa shape index (κ2) is 5.34. The first-order valence-corrected chi connectivity index (χ1v) is 8.83. The van der Waals surface area contributed by atoms with E-state index in [9.17, 15) is 0 Å². The van der Waals surface area contributed by atoms with Crippen molar-refractivity contribution in [3.8, 4) is 11.4 Å². The van der Waals surface area contributed by atoms with E-state index in [0.717, 1.165) is 35.6 Å². The van der Waals surface area contributed by atoms with Gasteiger partial charge in [-0.3, -0.25) is 0 Å². The zero-order valence-electron chi connectivity index (χ0n) is 12.2. The van der Waals surface area contributed by atoms with E-state index < -0.39 is 0 Å². The first kappa shape index (κ1) is 13.1. The van der Waals surface area contributed by atoms with Gasteiger partial charge in [0.25, 0.3) is 0 Å². The van der Waals surface area contributed by atoms with E-state index >= 15 is 0 Å². The maximum absolute atomic E-state index is 4.87. The summed E-state index contributed by atoms with van der Waals surface area (Å²) in [6.45, 7) is 3.02. The fourth-order valence-corrected chi connectivity index (χ4v) is 3.98. The molecule has 2 aromatic rings. The molecule has 0 atom stereocenters. The minimum Gasteiger partial charge on any atom is -0.370 e. The van der Waals surface area contributed by atoms with Crippen molar-refractivity contribution in [1.29, 1.82) is 0 Å². The Morgan fingerprint density at radius 3 is 2.86 bits per heavy atom. The third-order valence-corrected chi connectivity index (χ3v) is 5.11. The Morgan fingerprint density at radius 2 is 2.05 bits per heavy atom. The van der Waals surface area contributed by atoms with Crippen molar-refractivity contribution in [1.82, 2.24) is 9.97 Å². The summed E-state index contributed by atoms with van der Waals surface area (Å²) < 4.78 is 0. The van der Waals surface area contributed by atoms with Gasteiger partial charge in [0, 0.05) is 29.2 Å². The predicted octanol–water partition coefficient (Wildman–Crippen LogP) is 4.20. The number of aromatic nitrogens is 2. The number of hydrogen-bond donors (Lipinski definition) is 1. The molecule has 1 N–H and O–H groups in total. The Bertz CT molecular complexity index is 680. The molecular formula is C17H19N3S. The van der Waals surface area contributed by atoms with E-state index in [2.05, 4.69) is 36.5 Å². The van der Waals surface area contributed by atoms with Crippen LogP contribution in [0.3, 0.4) is 0 Å². The van der Waals surface area contributed by atoms with Crippen LogP contribution in [-0.4, -0.2) is 16.5 Å². The van der Waals surface area contributed by atoms with Crippen molar-refractivity contribution in [3.63, 3.8) is 0 Å². The van der Waals surface area contributed by atoms with Gasteiger partial charge in [-0.05, 0) is 31.2 Å². The number of thioether (sulfide) groups is 1. The summed E-state index contributed by atoms with van der Waals surface area (Å²) in [7, 11) is 0. The lowest BCUT2D eigenvalue weighted by Crippen LogP contribution is -2.07. The normalized spacial score (nSPS) is 16.8. The van der Waals surface area contributed by atoms with Gasteiger partial charge in [-0.1, -0.05) is 24.3 Å². The molecule has 1 saturated carbocycles. The van der Waals surface area contributed by atoms with Gasteiger partial charge in [0.1, 0.15) is 5.82 Å². The van der Waals surface area contributed by atoms with E-state index in [1.54, 1.807) is 0 Å². The first-order chi connectivity index (χ1) is 10.4. The molecule has 0 radical (unpaired) electrons. The fourth-order valence-electron chi connectivity index (χ4n) is 2.94. The largest absolute Gasteiger partial charge is 0.370 e. The number of fused-ring (bicyclic) bond motifs is 1. The van der Waals surface area contributed by atoms with Crippen LogP contribution in [0.1, 0.15) is 42.5 Å². The van der Waals surface area contributed by atoms with Crippen molar-refractivity contribution < 1.29 is 0 Å². The highest BCUT2D eigenvalue weighted by Crippen LogP contribution is 2.44. The van der Waals surface area contributed by atoms with Crippen LogP contribution < -0.4 is 5.32 Å². The zero-order valence-corrected chi connectivity index (χ0v) is 13.0. The molecule has 4 heteroatoms. The van der Waals surface area contributed by atoms with Gasteiger partial charge in [-0.2, -0.15) is 11.8 Å². The van der Waals surface area contributed by atoms with Crippen molar-refractivity contribution in [2.75, 3.05) is 11.9 Å². The van der Waals surface area contributed by atoms with Crippen LogP contribution in [0.4, 0.5) is 5.82 Å². The Kier molecular flexibility index (Phi) is 3.34. The minimum atomic E-state index is 0.718. The second-order valence-electron chi connectivity index (χ2n) is 5.71. The number of nitrogens with one attached hydrogen (secondary N) is 1. The average molecular weight is 297 g/mol. The van der Waals surface area contributed by atoms with Crippen LogP contribution >= 0.6 is 11.8 Å². The van der Waals surface area contributed by atoms with E-state index in [-0.39, 0.29) is 0 Å². The number of nitrogens with zero attached hydrogens (tertiary/aromatic N) is 2. The van der Waals surface area contributed by atoms with E-state index in [1.165, 1.54) is 35.2 Å².